The number of hydrogen-bond donors (Lipinski definition) is 3. The number of thioether (sulfide) groups is 1. The van der Waals surface area contributed by atoms with E-state index in [1.807, 2.05) is 0 Å². The van der Waals surface area contributed by atoms with Gasteiger partial charge < -0.3 is 20.3 Å². The molecular weight excluding hydrogens is 356 g/mol. The summed E-state index contributed by atoms with van der Waals surface area (Å²) in [5, 5.41) is 22.1. The van der Waals surface area contributed by atoms with Gasteiger partial charge in [0.15, 0.2) is 5.17 Å². The third-order valence-electron chi connectivity index (χ3n) is 3.47. The van der Waals surface area contributed by atoms with Crippen molar-refractivity contribution in [1.29, 1.82) is 0 Å². The Morgan fingerprint density at radius 1 is 1.19 bits per heavy atom. The first-order valence-corrected chi connectivity index (χ1v) is 8.28. The summed E-state index contributed by atoms with van der Waals surface area (Å²) in [6.07, 6.45) is 1.51. The van der Waals surface area contributed by atoms with Gasteiger partial charge in [0.25, 0.3) is 5.91 Å². The summed E-state index contributed by atoms with van der Waals surface area (Å²) >= 11 is 1.12. The highest BCUT2D eigenvalue weighted by Gasteiger charge is 2.24. The monoisotopic (exact) mass is 370 g/mol. The molecule has 7 nitrogen and oxygen atoms in total. The second-order valence-corrected chi connectivity index (χ2v) is 6.29. The van der Waals surface area contributed by atoms with Crippen molar-refractivity contribution >= 4 is 40.6 Å². The second-order valence-electron chi connectivity index (χ2n) is 5.26. The van der Waals surface area contributed by atoms with E-state index in [1.54, 1.807) is 24.3 Å². The Balaban J connectivity index is 1.79. The van der Waals surface area contributed by atoms with Gasteiger partial charge in [-0.05, 0) is 54.2 Å². The zero-order valence-corrected chi connectivity index (χ0v) is 14.4. The van der Waals surface area contributed by atoms with Crippen molar-refractivity contribution in [3.63, 3.8) is 0 Å². The lowest BCUT2D eigenvalue weighted by molar-refractivity contribution is -0.115. The summed E-state index contributed by atoms with van der Waals surface area (Å²) in [7, 11) is 1.31. The molecule has 3 N–H and O–H groups in total. The first kappa shape index (κ1) is 17.6. The average molecular weight is 370 g/mol. The highest BCUT2D eigenvalue weighted by molar-refractivity contribution is 8.18. The van der Waals surface area contributed by atoms with Crippen LogP contribution < -0.4 is 5.32 Å². The summed E-state index contributed by atoms with van der Waals surface area (Å²) < 4.78 is 4.63. The van der Waals surface area contributed by atoms with Gasteiger partial charge in [-0.15, -0.1) is 0 Å². The number of ether oxygens (including phenoxy) is 1. The summed E-state index contributed by atoms with van der Waals surface area (Å²) in [4.78, 5) is 28.2. The van der Waals surface area contributed by atoms with Crippen molar-refractivity contribution in [2.24, 2.45) is 4.99 Å². The van der Waals surface area contributed by atoms with E-state index in [4.69, 9.17) is 0 Å². The Labute approximate surface area is 153 Å². The first-order chi connectivity index (χ1) is 12.5. The van der Waals surface area contributed by atoms with Crippen molar-refractivity contribution in [3.8, 4) is 11.5 Å². The Bertz CT molecular complexity index is 935. The molecule has 0 saturated carbocycles. The van der Waals surface area contributed by atoms with Crippen LogP contribution in [0.5, 0.6) is 11.5 Å². The highest BCUT2D eigenvalue weighted by atomic mass is 32.2. The fourth-order valence-corrected chi connectivity index (χ4v) is 3.02. The molecule has 132 valence electrons. The van der Waals surface area contributed by atoms with E-state index < -0.39 is 5.97 Å². The van der Waals surface area contributed by atoms with E-state index in [-0.39, 0.29) is 17.4 Å². The number of carbonyl (C=O) groups is 2. The second kappa shape index (κ2) is 7.32. The minimum Gasteiger partial charge on any atom is -0.508 e. The maximum atomic E-state index is 12.1. The van der Waals surface area contributed by atoms with E-state index in [1.165, 1.54) is 31.4 Å². The van der Waals surface area contributed by atoms with Crippen LogP contribution in [0, 0.1) is 0 Å². The van der Waals surface area contributed by atoms with Crippen LogP contribution in [-0.4, -0.2) is 34.4 Å². The van der Waals surface area contributed by atoms with Crippen LogP contribution in [-0.2, 0) is 9.53 Å². The number of nitrogens with zero attached hydrogens (tertiary/aromatic N) is 1. The lowest BCUT2D eigenvalue weighted by atomic mass is 10.2. The van der Waals surface area contributed by atoms with Crippen molar-refractivity contribution in [1.82, 2.24) is 5.32 Å². The molecular formula is C18H14N2O5S. The molecule has 3 rings (SSSR count). The Morgan fingerprint density at radius 2 is 1.92 bits per heavy atom. The molecule has 0 bridgehead atoms. The maximum Gasteiger partial charge on any atom is 0.337 e. The predicted octanol–water partition coefficient (Wildman–Crippen LogP) is 2.78. The lowest BCUT2D eigenvalue weighted by Gasteiger charge is -2.00. The van der Waals surface area contributed by atoms with Crippen molar-refractivity contribution in [2.45, 2.75) is 0 Å². The molecule has 1 heterocycles. The Hall–Kier alpha value is -3.26. The van der Waals surface area contributed by atoms with Gasteiger partial charge in [-0.3, -0.25) is 4.79 Å². The number of phenolic OH excluding ortho intramolecular Hbond substituents is 2. The third kappa shape index (κ3) is 3.86. The van der Waals surface area contributed by atoms with Crippen LogP contribution in [0.3, 0.4) is 0 Å². The quantitative estimate of drug-likeness (QED) is 0.566. The number of aromatic hydroxyl groups is 2. The summed E-state index contributed by atoms with van der Waals surface area (Å²) in [6, 6.07) is 10.6. The number of hydrogen-bond acceptors (Lipinski definition) is 7. The molecule has 1 aliphatic rings. The number of amides is 1. The first-order valence-electron chi connectivity index (χ1n) is 7.46. The number of benzene rings is 2. The largest absolute Gasteiger partial charge is 0.508 e. The summed E-state index contributed by atoms with van der Waals surface area (Å²) in [5.41, 5.74) is 1.38. The van der Waals surface area contributed by atoms with Crippen molar-refractivity contribution < 1.29 is 24.5 Å². The number of nitrogens with one attached hydrogen (secondary N) is 1. The standard InChI is InChI=1S/C18H14N2O5S/c1-25-17(24)10-2-5-12(6-3-10)19-18-20-16(23)15(26-18)8-11-4-7-13(21)9-14(11)22/h2-9,21-22H,1H3,(H,19,20,23)/b15-8-. The number of esters is 1. The third-order valence-corrected chi connectivity index (χ3v) is 4.38. The molecule has 1 amide bonds. The van der Waals surface area contributed by atoms with Gasteiger partial charge in [-0.25, -0.2) is 9.79 Å². The normalized spacial score (nSPS) is 16.7. The minimum absolute atomic E-state index is 0.0640. The van der Waals surface area contributed by atoms with E-state index in [0.29, 0.717) is 26.9 Å². The number of rotatable bonds is 3. The predicted molar refractivity (Wildman–Crippen MR) is 98.4 cm³/mol. The summed E-state index contributed by atoms with van der Waals surface area (Å²) in [5.74, 6) is -0.973. The zero-order valence-electron chi connectivity index (χ0n) is 13.6. The van der Waals surface area contributed by atoms with Crippen LogP contribution in [0.25, 0.3) is 6.08 Å². The number of amidine groups is 1. The molecule has 2 aromatic rings. The molecule has 8 heteroatoms. The van der Waals surface area contributed by atoms with E-state index in [0.717, 1.165) is 11.8 Å². The Morgan fingerprint density at radius 3 is 2.58 bits per heavy atom. The molecule has 26 heavy (non-hydrogen) atoms. The molecule has 0 spiro atoms. The molecule has 1 aliphatic heterocycles. The van der Waals surface area contributed by atoms with Crippen LogP contribution in [0.1, 0.15) is 15.9 Å². The van der Waals surface area contributed by atoms with Gasteiger partial charge in [0.05, 0.1) is 23.3 Å². The smallest absolute Gasteiger partial charge is 0.337 e. The summed E-state index contributed by atoms with van der Waals surface area (Å²) in [6.45, 7) is 0. The average Bonchev–Trinajstić information content (AvgIpc) is 2.96. The van der Waals surface area contributed by atoms with E-state index in [9.17, 15) is 19.8 Å². The van der Waals surface area contributed by atoms with Crippen LogP contribution in [0.4, 0.5) is 5.69 Å². The fourth-order valence-electron chi connectivity index (χ4n) is 2.18. The van der Waals surface area contributed by atoms with Gasteiger partial charge in [0, 0.05) is 11.6 Å². The number of carbonyl (C=O) groups excluding carboxylic acids is 2. The van der Waals surface area contributed by atoms with Crippen LogP contribution >= 0.6 is 11.8 Å². The lowest BCUT2D eigenvalue weighted by Crippen LogP contribution is -2.19. The minimum atomic E-state index is -0.438. The van der Waals surface area contributed by atoms with E-state index in [2.05, 4.69) is 15.0 Å². The number of aliphatic imine (C=N–C) groups is 1. The topological polar surface area (TPSA) is 108 Å². The molecule has 0 aromatic heterocycles. The number of phenols is 2. The van der Waals surface area contributed by atoms with Gasteiger partial charge in [-0.2, -0.15) is 0 Å². The fraction of sp³-hybridized carbons (Fsp3) is 0.0556. The molecule has 0 aliphatic carbocycles. The van der Waals surface area contributed by atoms with Gasteiger partial charge in [0.2, 0.25) is 0 Å². The molecule has 0 radical (unpaired) electrons. The van der Waals surface area contributed by atoms with Crippen molar-refractivity contribution in [2.75, 3.05) is 7.11 Å². The molecule has 0 atom stereocenters. The van der Waals surface area contributed by atoms with Crippen molar-refractivity contribution in [3.05, 3.63) is 58.5 Å². The van der Waals surface area contributed by atoms with Gasteiger partial charge in [0.1, 0.15) is 11.5 Å². The maximum absolute atomic E-state index is 12.1. The van der Waals surface area contributed by atoms with Gasteiger partial charge in [-0.1, -0.05) is 0 Å². The Kier molecular flexibility index (Phi) is 4.94. The molecule has 1 saturated heterocycles. The number of methoxy groups -OCH3 is 1. The van der Waals surface area contributed by atoms with E-state index >= 15 is 0 Å². The van der Waals surface area contributed by atoms with Gasteiger partial charge >= 0.3 is 5.97 Å². The zero-order chi connectivity index (χ0) is 18.7. The SMILES string of the molecule is COC(=O)c1ccc(N=C2NC(=O)/C(=C/c3ccc(O)cc3O)S2)cc1. The van der Waals surface area contributed by atoms with Crippen LogP contribution in [0.15, 0.2) is 52.4 Å². The molecule has 0 unspecified atom stereocenters. The molecule has 2 aromatic carbocycles. The van der Waals surface area contributed by atoms with Crippen LogP contribution in [0.2, 0.25) is 0 Å². The molecule has 1 fully saturated rings. The highest BCUT2D eigenvalue weighted by Crippen LogP contribution is 2.31.